The maximum absolute atomic E-state index is 11.4. The van der Waals surface area contributed by atoms with Gasteiger partial charge in [-0.05, 0) is 24.5 Å². The van der Waals surface area contributed by atoms with Crippen molar-refractivity contribution in [3.8, 4) is 0 Å². The van der Waals surface area contributed by atoms with Gasteiger partial charge in [0, 0.05) is 12.6 Å². The van der Waals surface area contributed by atoms with Crippen LogP contribution in [-0.2, 0) is 11.3 Å². The number of amides is 1. The molecule has 4 nitrogen and oxygen atoms in total. The van der Waals surface area contributed by atoms with Gasteiger partial charge in [0.1, 0.15) is 0 Å². The van der Waals surface area contributed by atoms with Crippen molar-refractivity contribution in [3.63, 3.8) is 0 Å². The first-order chi connectivity index (χ1) is 9.13. The number of nitrogens with two attached hydrogens (primary N) is 2. The molecule has 0 aliphatic heterocycles. The summed E-state index contributed by atoms with van der Waals surface area (Å²) >= 11 is 6.32. The maximum Gasteiger partial charge on any atom is 0.236 e. The summed E-state index contributed by atoms with van der Waals surface area (Å²) in [5, 5.41) is 0.635. The van der Waals surface area contributed by atoms with Crippen molar-refractivity contribution < 1.29 is 4.79 Å². The van der Waals surface area contributed by atoms with Crippen LogP contribution < -0.4 is 16.4 Å². The van der Waals surface area contributed by atoms with Gasteiger partial charge in [0.25, 0.3) is 0 Å². The molecule has 2 rings (SSSR count). The van der Waals surface area contributed by atoms with Crippen LogP contribution in [0.2, 0.25) is 5.02 Å². The minimum atomic E-state index is -0.338. The Kier molecular flexibility index (Phi) is 4.66. The van der Waals surface area contributed by atoms with E-state index in [9.17, 15) is 4.79 Å². The third-order valence-corrected chi connectivity index (χ3v) is 3.97. The number of rotatable bonds is 5. The number of nitrogens with zero attached hydrogens (tertiary/aromatic N) is 1. The van der Waals surface area contributed by atoms with Crippen molar-refractivity contribution in [2.24, 2.45) is 11.5 Å². The van der Waals surface area contributed by atoms with Gasteiger partial charge in [0.15, 0.2) is 0 Å². The van der Waals surface area contributed by atoms with E-state index in [1.165, 1.54) is 12.8 Å². The standard InChI is InChI=1S/C14H20ClN3O/c15-12-7-3-4-10(8-16)14(12)18(9-13(17)19)11-5-1-2-6-11/h3-4,7,11H,1-2,5-6,8-9,16H2,(H2,17,19). The molecular formula is C14H20ClN3O. The van der Waals surface area contributed by atoms with Crippen LogP contribution in [0.3, 0.4) is 0 Å². The Hall–Kier alpha value is -1.26. The molecule has 0 saturated heterocycles. The average molecular weight is 282 g/mol. The highest BCUT2D eigenvalue weighted by Crippen LogP contribution is 2.35. The number of carbonyl (C=O) groups excluding carboxylic acids is 1. The van der Waals surface area contributed by atoms with Gasteiger partial charge in [-0.2, -0.15) is 0 Å². The lowest BCUT2D eigenvalue weighted by molar-refractivity contribution is -0.116. The molecule has 104 valence electrons. The van der Waals surface area contributed by atoms with Crippen LogP contribution in [0.15, 0.2) is 18.2 Å². The Morgan fingerprint density at radius 1 is 1.37 bits per heavy atom. The van der Waals surface area contributed by atoms with Gasteiger partial charge in [-0.15, -0.1) is 0 Å². The molecule has 1 aliphatic carbocycles. The van der Waals surface area contributed by atoms with E-state index in [4.69, 9.17) is 23.1 Å². The van der Waals surface area contributed by atoms with Crippen molar-refractivity contribution in [3.05, 3.63) is 28.8 Å². The van der Waals surface area contributed by atoms with Crippen LogP contribution in [0.1, 0.15) is 31.2 Å². The van der Waals surface area contributed by atoms with Crippen LogP contribution >= 0.6 is 11.6 Å². The lowest BCUT2D eigenvalue weighted by Crippen LogP contribution is -2.41. The van der Waals surface area contributed by atoms with Crippen molar-refractivity contribution >= 4 is 23.2 Å². The van der Waals surface area contributed by atoms with E-state index < -0.39 is 0 Å². The quantitative estimate of drug-likeness (QED) is 0.867. The number of para-hydroxylation sites is 1. The molecule has 0 radical (unpaired) electrons. The zero-order valence-corrected chi connectivity index (χ0v) is 11.7. The van der Waals surface area contributed by atoms with Gasteiger partial charge < -0.3 is 16.4 Å². The molecule has 1 aromatic rings. The molecule has 1 fully saturated rings. The number of benzene rings is 1. The summed E-state index contributed by atoms with van der Waals surface area (Å²) in [6.07, 6.45) is 4.51. The van der Waals surface area contributed by atoms with Crippen molar-refractivity contribution in [1.29, 1.82) is 0 Å². The summed E-state index contributed by atoms with van der Waals surface area (Å²) in [6, 6.07) is 5.99. The van der Waals surface area contributed by atoms with E-state index in [-0.39, 0.29) is 12.5 Å². The minimum absolute atomic E-state index is 0.196. The Balaban J connectivity index is 2.39. The predicted molar refractivity (Wildman–Crippen MR) is 78.1 cm³/mol. The topological polar surface area (TPSA) is 72.3 Å². The van der Waals surface area contributed by atoms with Crippen molar-refractivity contribution in [2.45, 2.75) is 38.3 Å². The number of primary amides is 1. The zero-order valence-electron chi connectivity index (χ0n) is 10.9. The Morgan fingerprint density at radius 3 is 2.63 bits per heavy atom. The van der Waals surface area contributed by atoms with Gasteiger partial charge in [0.05, 0.1) is 17.3 Å². The fourth-order valence-corrected chi connectivity index (χ4v) is 3.12. The van der Waals surface area contributed by atoms with Gasteiger partial charge in [-0.3, -0.25) is 4.79 Å². The van der Waals surface area contributed by atoms with E-state index in [0.717, 1.165) is 24.1 Å². The monoisotopic (exact) mass is 281 g/mol. The third-order valence-electron chi connectivity index (χ3n) is 3.67. The van der Waals surface area contributed by atoms with Gasteiger partial charge in [-0.25, -0.2) is 0 Å². The molecule has 4 N–H and O–H groups in total. The third kappa shape index (κ3) is 3.19. The molecule has 0 atom stereocenters. The molecule has 5 heteroatoms. The van der Waals surface area contributed by atoms with E-state index in [2.05, 4.69) is 0 Å². The number of anilines is 1. The molecule has 0 bridgehead atoms. The van der Waals surface area contributed by atoms with Crippen LogP contribution in [-0.4, -0.2) is 18.5 Å². The molecule has 1 amide bonds. The Labute approximate surface area is 118 Å². The highest BCUT2D eigenvalue weighted by molar-refractivity contribution is 6.33. The number of halogens is 1. The van der Waals surface area contributed by atoms with Crippen molar-refractivity contribution in [2.75, 3.05) is 11.4 Å². The van der Waals surface area contributed by atoms with Gasteiger partial charge in [0.2, 0.25) is 5.91 Å². The molecule has 1 aromatic carbocycles. The minimum Gasteiger partial charge on any atom is -0.368 e. The summed E-state index contributed by atoms with van der Waals surface area (Å²) in [7, 11) is 0. The Bertz CT molecular complexity index is 458. The number of carbonyl (C=O) groups is 1. The smallest absolute Gasteiger partial charge is 0.236 e. The van der Waals surface area contributed by atoms with E-state index in [1.54, 1.807) is 0 Å². The normalized spacial score (nSPS) is 15.7. The molecular weight excluding hydrogens is 262 g/mol. The largest absolute Gasteiger partial charge is 0.368 e. The Morgan fingerprint density at radius 2 is 2.05 bits per heavy atom. The zero-order chi connectivity index (χ0) is 13.8. The first kappa shape index (κ1) is 14.2. The summed E-state index contributed by atoms with van der Waals surface area (Å²) in [5.74, 6) is -0.338. The van der Waals surface area contributed by atoms with Gasteiger partial charge in [-0.1, -0.05) is 36.6 Å². The summed E-state index contributed by atoms with van der Waals surface area (Å²) in [6.45, 7) is 0.597. The lowest BCUT2D eigenvalue weighted by atomic mass is 10.1. The molecule has 0 spiro atoms. The van der Waals surface area contributed by atoms with Crippen LogP contribution in [0.25, 0.3) is 0 Å². The second-order valence-corrected chi connectivity index (χ2v) is 5.39. The van der Waals surface area contributed by atoms with E-state index in [1.807, 2.05) is 23.1 Å². The highest BCUT2D eigenvalue weighted by atomic mass is 35.5. The molecule has 0 heterocycles. The molecule has 1 aliphatic rings. The van der Waals surface area contributed by atoms with Crippen LogP contribution in [0.5, 0.6) is 0 Å². The SMILES string of the molecule is NCc1cccc(Cl)c1N(CC(N)=O)C1CCCC1. The fourth-order valence-electron chi connectivity index (χ4n) is 2.82. The maximum atomic E-state index is 11.4. The summed E-state index contributed by atoms with van der Waals surface area (Å²) in [4.78, 5) is 13.4. The lowest BCUT2D eigenvalue weighted by Gasteiger charge is -2.32. The number of hydrogen-bond acceptors (Lipinski definition) is 3. The predicted octanol–water partition coefficient (Wildman–Crippen LogP) is 2.03. The average Bonchev–Trinajstić information content (AvgIpc) is 2.89. The summed E-state index contributed by atoms with van der Waals surface area (Å²) < 4.78 is 0. The second-order valence-electron chi connectivity index (χ2n) is 4.98. The highest BCUT2D eigenvalue weighted by Gasteiger charge is 2.26. The van der Waals surface area contributed by atoms with Crippen LogP contribution in [0.4, 0.5) is 5.69 Å². The molecule has 19 heavy (non-hydrogen) atoms. The molecule has 1 saturated carbocycles. The first-order valence-electron chi connectivity index (χ1n) is 6.66. The fraction of sp³-hybridized carbons (Fsp3) is 0.500. The second kappa shape index (κ2) is 6.26. The van der Waals surface area contributed by atoms with Crippen LogP contribution in [0, 0.1) is 0 Å². The van der Waals surface area contributed by atoms with E-state index in [0.29, 0.717) is 17.6 Å². The molecule has 0 unspecified atom stereocenters. The van der Waals surface area contributed by atoms with Crippen molar-refractivity contribution in [1.82, 2.24) is 0 Å². The van der Waals surface area contributed by atoms with E-state index >= 15 is 0 Å². The summed E-state index contributed by atoms with van der Waals surface area (Å²) in [5.41, 5.74) is 13.0. The number of hydrogen-bond donors (Lipinski definition) is 2. The first-order valence-corrected chi connectivity index (χ1v) is 7.03. The van der Waals surface area contributed by atoms with Gasteiger partial charge >= 0.3 is 0 Å². The molecule has 0 aromatic heterocycles.